The number of rotatable bonds is 16. The van der Waals surface area contributed by atoms with E-state index in [0.717, 1.165) is 121 Å². The summed E-state index contributed by atoms with van der Waals surface area (Å²) in [5.41, 5.74) is 9.55. The first-order valence-electron chi connectivity index (χ1n) is 18.7. The van der Waals surface area contributed by atoms with Gasteiger partial charge in [-0.25, -0.2) is 0 Å². The number of anilines is 2. The zero-order valence-corrected chi connectivity index (χ0v) is 31.7. The third kappa shape index (κ3) is 6.42. The molecule has 278 valence electrons. The lowest BCUT2D eigenvalue weighted by Crippen LogP contribution is -2.25. The van der Waals surface area contributed by atoms with Gasteiger partial charge in [-0.3, -0.25) is 28.9 Å². The standard InChI is InChI=1S/C41H47N11O2/c1-48(2)20-22-51-32-10-8-30(34-36(32)38(46-51)26-12-16-42-24-28(26)40(34)53)44-14-6-18-50(5)19-7-15-45-31-9-11-33-37-35(31)41(54)29-25-43-17-13-27(29)39(37)47-52(33)23-21-49(3)4/h8-13,16-17,24-25,44-45H,6-7,14-15,18-23H2,1-5H3. The molecule has 4 heterocycles. The lowest BCUT2D eigenvalue weighted by molar-refractivity contribution is 0.103. The fourth-order valence-corrected chi connectivity index (χ4v) is 7.70. The van der Waals surface area contributed by atoms with Crippen LogP contribution in [0.15, 0.2) is 61.2 Å². The van der Waals surface area contributed by atoms with Gasteiger partial charge in [0.15, 0.2) is 11.6 Å². The Morgan fingerprint density at radius 2 is 1.02 bits per heavy atom. The number of hydrogen-bond donors (Lipinski definition) is 2. The lowest BCUT2D eigenvalue weighted by Gasteiger charge is -2.20. The maximum Gasteiger partial charge on any atom is 0.198 e. The summed E-state index contributed by atoms with van der Waals surface area (Å²) in [6.07, 6.45) is 8.59. The number of nitrogens with one attached hydrogen (secondary N) is 2. The molecule has 2 aliphatic carbocycles. The lowest BCUT2D eigenvalue weighted by atomic mass is 9.87. The molecule has 0 fully saturated rings. The van der Waals surface area contributed by atoms with E-state index in [0.29, 0.717) is 22.3 Å². The Balaban J connectivity index is 0.897. The molecule has 4 aromatic heterocycles. The molecule has 2 N–H and O–H groups in total. The van der Waals surface area contributed by atoms with Crippen LogP contribution in [-0.2, 0) is 13.1 Å². The van der Waals surface area contributed by atoms with Gasteiger partial charge < -0.3 is 25.3 Å². The van der Waals surface area contributed by atoms with Crippen LogP contribution in [0.3, 0.4) is 0 Å². The molecule has 2 aromatic carbocycles. The number of likely N-dealkylation sites (N-methyl/N-ethyl adjacent to an activating group) is 2. The second kappa shape index (κ2) is 14.7. The number of benzene rings is 2. The number of fused-ring (bicyclic) bond motifs is 4. The number of carbonyl (C=O) groups is 2. The van der Waals surface area contributed by atoms with E-state index in [-0.39, 0.29) is 11.6 Å². The van der Waals surface area contributed by atoms with E-state index in [1.807, 2.05) is 61.8 Å². The van der Waals surface area contributed by atoms with Crippen LogP contribution in [0.5, 0.6) is 0 Å². The predicted octanol–water partition coefficient (Wildman–Crippen LogP) is 4.96. The van der Waals surface area contributed by atoms with Crippen molar-refractivity contribution in [3.05, 3.63) is 83.4 Å². The van der Waals surface area contributed by atoms with Gasteiger partial charge in [-0.2, -0.15) is 10.2 Å². The number of aromatic nitrogens is 6. The summed E-state index contributed by atoms with van der Waals surface area (Å²) >= 11 is 0. The van der Waals surface area contributed by atoms with Gasteiger partial charge in [-0.05, 0) is 97.6 Å². The molecule has 8 rings (SSSR count). The molecular weight excluding hydrogens is 679 g/mol. The number of hydrogen-bond acceptors (Lipinski definition) is 11. The molecule has 0 aliphatic heterocycles. The highest BCUT2D eigenvalue weighted by atomic mass is 16.1. The van der Waals surface area contributed by atoms with E-state index in [2.05, 4.69) is 54.5 Å². The van der Waals surface area contributed by atoms with Gasteiger partial charge in [0.05, 0.1) is 46.4 Å². The molecule has 13 nitrogen and oxygen atoms in total. The average Bonchev–Trinajstić information content (AvgIpc) is 3.74. The Kier molecular flexibility index (Phi) is 9.69. The Morgan fingerprint density at radius 1 is 0.574 bits per heavy atom. The van der Waals surface area contributed by atoms with Crippen molar-refractivity contribution in [2.75, 3.05) is 85.1 Å². The second-order valence-electron chi connectivity index (χ2n) is 14.9. The van der Waals surface area contributed by atoms with Gasteiger partial charge in [-0.15, -0.1) is 0 Å². The Bertz CT molecular complexity index is 2230. The average molecular weight is 726 g/mol. The normalized spacial score (nSPS) is 13.1. The molecule has 54 heavy (non-hydrogen) atoms. The first kappa shape index (κ1) is 35.5. The summed E-state index contributed by atoms with van der Waals surface area (Å²) in [7, 11) is 10.3. The largest absolute Gasteiger partial charge is 0.384 e. The van der Waals surface area contributed by atoms with Gasteiger partial charge in [-0.1, -0.05) is 0 Å². The van der Waals surface area contributed by atoms with E-state index in [1.165, 1.54) is 0 Å². The van der Waals surface area contributed by atoms with Crippen LogP contribution in [0.4, 0.5) is 11.4 Å². The van der Waals surface area contributed by atoms with Crippen molar-refractivity contribution in [2.45, 2.75) is 25.9 Å². The minimum absolute atomic E-state index is 0.0132. The smallest absolute Gasteiger partial charge is 0.198 e. The van der Waals surface area contributed by atoms with Crippen LogP contribution < -0.4 is 10.6 Å². The van der Waals surface area contributed by atoms with Crippen LogP contribution in [0.2, 0.25) is 0 Å². The zero-order valence-electron chi connectivity index (χ0n) is 31.7. The predicted molar refractivity (Wildman–Crippen MR) is 214 cm³/mol. The highest BCUT2D eigenvalue weighted by Crippen LogP contribution is 2.43. The fraction of sp³-hybridized carbons (Fsp3) is 0.366. The molecule has 0 bridgehead atoms. The van der Waals surface area contributed by atoms with Crippen LogP contribution in [0.25, 0.3) is 44.3 Å². The molecule has 0 atom stereocenters. The van der Waals surface area contributed by atoms with Gasteiger partial charge in [0, 0.05) is 84.2 Å². The summed E-state index contributed by atoms with van der Waals surface area (Å²) in [6.45, 7) is 6.41. The van der Waals surface area contributed by atoms with Crippen molar-refractivity contribution in [3.63, 3.8) is 0 Å². The fourth-order valence-electron chi connectivity index (χ4n) is 7.70. The molecule has 2 aliphatic rings. The van der Waals surface area contributed by atoms with Crippen molar-refractivity contribution >= 4 is 44.7 Å². The van der Waals surface area contributed by atoms with Gasteiger partial charge in [0.2, 0.25) is 0 Å². The highest BCUT2D eigenvalue weighted by Gasteiger charge is 2.33. The van der Waals surface area contributed by atoms with Crippen LogP contribution in [0.1, 0.15) is 44.7 Å². The van der Waals surface area contributed by atoms with Gasteiger partial charge >= 0.3 is 0 Å². The van der Waals surface area contributed by atoms with E-state index in [9.17, 15) is 9.59 Å². The third-order valence-electron chi connectivity index (χ3n) is 10.5. The summed E-state index contributed by atoms with van der Waals surface area (Å²) in [5.74, 6) is -0.0264. The molecule has 0 spiro atoms. The first-order valence-corrected chi connectivity index (χ1v) is 18.7. The highest BCUT2D eigenvalue weighted by molar-refractivity contribution is 6.28. The van der Waals surface area contributed by atoms with Crippen molar-refractivity contribution in [2.24, 2.45) is 0 Å². The van der Waals surface area contributed by atoms with Crippen molar-refractivity contribution in [3.8, 4) is 22.5 Å². The summed E-state index contributed by atoms with van der Waals surface area (Å²) < 4.78 is 4.04. The Morgan fingerprint density at radius 3 is 1.44 bits per heavy atom. The second-order valence-corrected chi connectivity index (χ2v) is 14.9. The monoisotopic (exact) mass is 725 g/mol. The topological polar surface area (TPSA) is 129 Å². The summed E-state index contributed by atoms with van der Waals surface area (Å²) in [5, 5.41) is 18.9. The molecule has 0 amide bonds. The summed E-state index contributed by atoms with van der Waals surface area (Å²) in [6, 6.07) is 12.0. The van der Waals surface area contributed by atoms with E-state index in [1.54, 1.807) is 24.8 Å². The number of carbonyl (C=O) groups excluding carboxylic acids is 2. The zero-order chi connectivity index (χ0) is 37.5. The quantitative estimate of drug-likeness (QED) is 0.131. The number of pyridine rings is 2. The van der Waals surface area contributed by atoms with Crippen molar-refractivity contribution in [1.82, 2.24) is 44.2 Å². The van der Waals surface area contributed by atoms with Crippen LogP contribution in [-0.4, -0.2) is 130 Å². The van der Waals surface area contributed by atoms with E-state index < -0.39 is 0 Å². The minimum atomic E-state index is -0.0132. The van der Waals surface area contributed by atoms with Crippen LogP contribution >= 0.6 is 0 Å². The summed E-state index contributed by atoms with van der Waals surface area (Å²) in [4.78, 5) is 42.8. The Hall–Kier alpha value is -5.50. The number of nitrogens with zero attached hydrogens (tertiary/aromatic N) is 9. The molecule has 13 heteroatoms. The molecular formula is C41H47N11O2. The minimum Gasteiger partial charge on any atom is -0.384 e. The molecule has 0 unspecified atom stereocenters. The molecule has 6 aromatic rings. The first-order chi connectivity index (χ1) is 26.2. The molecule has 0 saturated heterocycles. The SMILES string of the molecule is CN(C)CCn1nc2c3c(c(NCCCN(C)CCCNc4ccc5c6c(nn5CCN(C)C)-c5ccncc5C(=O)c46)ccc31)C(=O)c1cnccc1-2. The number of ketones is 2. The molecule has 0 radical (unpaired) electrons. The third-order valence-corrected chi connectivity index (χ3v) is 10.5. The maximum atomic E-state index is 13.9. The van der Waals surface area contributed by atoms with Gasteiger partial charge in [0.25, 0.3) is 0 Å². The van der Waals surface area contributed by atoms with E-state index in [4.69, 9.17) is 10.2 Å². The molecule has 0 saturated carbocycles. The van der Waals surface area contributed by atoms with Crippen molar-refractivity contribution < 1.29 is 9.59 Å². The van der Waals surface area contributed by atoms with Crippen LogP contribution in [0, 0.1) is 0 Å². The maximum absolute atomic E-state index is 13.9. The van der Waals surface area contributed by atoms with Crippen molar-refractivity contribution in [1.29, 1.82) is 0 Å². The van der Waals surface area contributed by atoms with Gasteiger partial charge in [0.1, 0.15) is 11.4 Å². The van der Waals surface area contributed by atoms with E-state index >= 15 is 0 Å². The Labute approximate surface area is 315 Å².